The van der Waals surface area contributed by atoms with Gasteiger partial charge in [0, 0.05) is 6.20 Å². The second-order valence-corrected chi connectivity index (χ2v) is 6.71. The number of amides is 1. The van der Waals surface area contributed by atoms with Crippen molar-refractivity contribution in [3.8, 4) is 12.3 Å². The lowest BCUT2D eigenvalue weighted by atomic mass is 10.0. The van der Waals surface area contributed by atoms with Gasteiger partial charge >= 0.3 is 5.97 Å². The molecule has 3 heterocycles. The SMILES string of the molecule is C#C[C@H]1C[C@@H](COC(=O)C(C)C)O[C@H]1n1cc(C(N)=O)c2c(N)ncnc21.CC. The third-order valence-electron chi connectivity index (χ3n) is 4.47. The van der Waals surface area contributed by atoms with Crippen molar-refractivity contribution in [2.45, 2.75) is 46.4 Å². The Labute approximate surface area is 169 Å². The van der Waals surface area contributed by atoms with E-state index in [4.69, 9.17) is 27.4 Å². The molecule has 3 rings (SSSR count). The molecule has 0 saturated carbocycles. The molecule has 2 aromatic heterocycles. The predicted molar refractivity (Wildman–Crippen MR) is 108 cm³/mol. The van der Waals surface area contributed by atoms with E-state index in [-0.39, 0.29) is 41.9 Å². The van der Waals surface area contributed by atoms with Crippen LogP contribution < -0.4 is 11.5 Å². The maximum absolute atomic E-state index is 11.8. The van der Waals surface area contributed by atoms with E-state index in [1.165, 1.54) is 12.5 Å². The maximum Gasteiger partial charge on any atom is 0.308 e. The Morgan fingerprint density at radius 3 is 2.69 bits per heavy atom. The molecule has 9 heteroatoms. The third kappa shape index (κ3) is 4.49. The van der Waals surface area contributed by atoms with Crippen LogP contribution in [0.1, 0.15) is 50.7 Å². The van der Waals surface area contributed by atoms with E-state index in [0.717, 1.165) is 0 Å². The lowest BCUT2D eigenvalue weighted by molar-refractivity contribution is -0.152. The smallest absolute Gasteiger partial charge is 0.308 e. The van der Waals surface area contributed by atoms with Crippen LogP contribution in [0.3, 0.4) is 0 Å². The molecule has 0 aliphatic carbocycles. The number of primary amides is 1. The molecule has 4 N–H and O–H groups in total. The van der Waals surface area contributed by atoms with Crippen molar-refractivity contribution >= 4 is 28.7 Å². The first-order valence-electron chi connectivity index (χ1n) is 9.52. The average molecular weight is 401 g/mol. The van der Waals surface area contributed by atoms with Gasteiger partial charge in [0.2, 0.25) is 0 Å². The molecule has 1 amide bonds. The molecule has 29 heavy (non-hydrogen) atoms. The second-order valence-electron chi connectivity index (χ2n) is 6.71. The van der Waals surface area contributed by atoms with Gasteiger partial charge in [-0.1, -0.05) is 33.6 Å². The van der Waals surface area contributed by atoms with E-state index in [1.807, 2.05) is 13.8 Å². The Hall–Kier alpha value is -3.12. The highest BCUT2D eigenvalue weighted by atomic mass is 16.6. The van der Waals surface area contributed by atoms with Gasteiger partial charge in [-0.15, -0.1) is 6.42 Å². The number of hydrogen-bond donors (Lipinski definition) is 2. The minimum atomic E-state index is -0.655. The number of fused-ring (bicyclic) bond motifs is 1. The highest BCUT2D eigenvalue weighted by Gasteiger charge is 2.37. The van der Waals surface area contributed by atoms with Crippen LogP contribution in [0.25, 0.3) is 11.0 Å². The van der Waals surface area contributed by atoms with Crippen LogP contribution in [0, 0.1) is 24.2 Å². The molecular formula is C20H27N5O4. The number of anilines is 1. The fraction of sp³-hybridized carbons (Fsp3) is 0.500. The van der Waals surface area contributed by atoms with Gasteiger partial charge < -0.3 is 25.5 Å². The number of nitrogens with two attached hydrogens (primary N) is 2. The molecule has 0 unspecified atom stereocenters. The molecule has 1 saturated heterocycles. The van der Waals surface area contributed by atoms with E-state index in [2.05, 4.69) is 15.9 Å². The molecule has 9 nitrogen and oxygen atoms in total. The minimum Gasteiger partial charge on any atom is -0.463 e. The predicted octanol–water partition coefficient (Wildman–Crippen LogP) is 1.87. The lowest BCUT2D eigenvalue weighted by Crippen LogP contribution is -2.21. The molecule has 3 atom stereocenters. The summed E-state index contributed by atoms with van der Waals surface area (Å²) in [6.45, 7) is 7.61. The standard InChI is InChI=1S/C18H21N5O4.C2H6/c1-4-10-5-11(7-26-18(25)9(2)3)27-17(10)23-6-12(15(20)24)13-14(19)21-8-22-16(13)23;1-2/h1,6,8-11,17H,5,7H2,2-3H3,(H2,20,24)(H2,19,21,22);1-2H3/t10-,11-,17+;/m0./s1. The maximum atomic E-state index is 11.8. The minimum absolute atomic E-state index is 0.102. The van der Waals surface area contributed by atoms with E-state index in [1.54, 1.807) is 18.4 Å². The number of nitrogen functional groups attached to an aromatic ring is 1. The van der Waals surface area contributed by atoms with Crippen molar-refractivity contribution < 1.29 is 19.1 Å². The Balaban J connectivity index is 0.00000145. The Morgan fingerprint density at radius 2 is 2.10 bits per heavy atom. The van der Waals surface area contributed by atoms with E-state index < -0.39 is 12.1 Å². The molecule has 1 aliphatic heterocycles. The van der Waals surface area contributed by atoms with Crippen molar-refractivity contribution in [1.82, 2.24) is 14.5 Å². The van der Waals surface area contributed by atoms with Gasteiger partial charge in [0.05, 0.1) is 28.9 Å². The molecule has 2 aromatic rings. The molecule has 156 valence electrons. The Bertz CT molecular complexity index is 931. The van der Waals surface area contributed by atoms with Crippen LogP contribution in [0.15, 0.2) is 12.5 Å². The van der Waals surface area contributed by atoms with Crippen LogP contribution in [0.5, 0.6) is 0 Å². The van der Waals surface area contributed by atoms with Crippen molar-refractivity contribution in [3.05, 3.63) is 18.1 Å². The van der Waals surface area contributed by atoms with Crippen LogP contribution >= 0.6 is 0 Å². The average Bonchev–Trinajstić information content (AvgIpc) is 3.29. The zero-order chi connectivity index (χ0) is 21.7. The van der Waals surface area contributed by atoms with E-state index in [0.29, 0.717) is 17.5 Å². The van der Waals surface area contributed by atoms with Crippen LogP contribution in [-0.4, -0.2) is 39.1 Å². The topological polar surface area (TPSA) is 135 Å². The fourth-order valence-corrected chi connectivity index (χ4v) is 3.10. The fourth-order valence-electron chi connectivity index (χ4n) is 3.10. The number of carbonyl (C=O) groups is 2. The number of esters is 1. The Kier molecular flexibility index (Phi) is 7.18. The highest BCUT2D eigenvalue weighted by Crippen LogP contribution is 2.37. The van der Waals surface area contributed by atoms with Crippen LogP contribution in [-0.2, 0) is 14.3 Å². The first-order chi connectivity index (χ1) is 13.8. The molecule has 0 radical (unpaired) electrons. The quantitative estimate of drug-likeness (QED) is 0.576. The van der Waals surface area contributed by atoms with Crippen molar-refractivity contribution in [2.24, 2.45) is 17.6 Å². The van der Waals surface area contributed by atoms with Gasteiger partial charge in [-0.3, -0.25) is 9.59 Å². The third-order valence-corrected chi connectivity index (χ3v) is 4.47. The van der Waals surface area contributed by atoms with E-state index in [9.17, 15) is 9.59 Å². The number of carbonyl (C=O) groups excluding carboxylic acids is 2. The van der Waals surface area contributed by atoms with Gasteiger partial charge in [-0.05, 0) is 6.42 Å². The van der Waals surface area contributed by atoms with Crippen LogP contribution in [0.4, 0.5) is 5.82 Å². The van der Waals surface area contributed by atoms with Gasteiger partial charge in [-0.25, -0.2) is 9.97 Å². The monoisotopic (exact) mass is 401 g/mol. The first-order valence-corrected chi connectivity index (χ1v) is 9.52. The van der Waals surface area contributed by atoms with Gasteiger partial charge in [0.25, 0.3) is 5.91 Å². The molecule has 1 aliphatic rings. The van der Waals surface area contributed by atoms with Crippen molar-refractivity contribution in [1.29, 1.82) is 0 Å². The zero-order valence-electron chi connectivity index (χ0n) is 17.1. The summed E-state index contributed by atoms with van der Waals surface area (Å²) in [5.41, 5.74) is 12.0. The number of rotatable bonds is 5. The molecular weight excluding hydrogens is 374 g/mol. The normalized spacial score (nSPS) is 20.8. The van der Waals surface area contributed by atoms with Crippen LogP contribution in [0.2, 0.25) is 0 Å². The van der Waals surface area contributed by atoms with Crippen molar-refractivity contribution in [2.75, 3.05) is 12.3 Å². The summed E-state index contributed by atoms with van der Waals surface area (Å²) in [6, 6.07) is 0. The lowest BCUT2D eigenvalue weighted by Gasteiger charge is -2.18. The summed E-state index contributed by atoms with van der Waals surface area (Å²) in [7, 11) is 0. The zero-order valence-corrected chi connectivity index (χ0v) is 17.1. The number of ether oxygens (including phenoxy) is 2. The van der Waals surface area contributed by atoms with Gasteiger partial charge in [0.15, 0.2) is 0 Å². The summed E-state index contributed by atoms with van der Waals surface area (Å²) in [5.74, 6) is 1.35. The van der Waals surface area contributed by atoms with Crippen molar-refractivity contribution in [3.63, 3.8) is 0 Å². The Morgan fingerprint density at radius 1 is 1.41 bits per heavy atom. The highest BCUT2D eigenvalue weighted by molar-refractivity contribution is 6.08. The van der Waals surface area contributed by atoms with E-state index >= 15 is 0 Å². The summed E-state index contributed by atoms with van der Waals surface area (Å²) < 4.78 is 12.9. The molecule has 0 spiro atoms. The number of nitrogens with zero attached hydrogens (tertiary/aromatic N) is 3. The summed E-state index contributed by atoms with van der Waals surface area (Å²) >= 11 is 0. The second kappa shape index (κ2) is 9.39. The largest absolute Gasteiger partial charge is 0.463 e. The summed E-state index contributed by atoms with van der Waals surface area (Å²) in [5, 5.41) is 0.360. The number of hydrogen-bond acceptors (Lipinski definition) is 7. The first kappa shape index (κ1) is 22.2. The van der Waals surface area contributed by atoms with Gasteiger partial charge in [-0.2, -0.15) is 0 Å². The molecule has 1 fully saturated rings. The summed E-state index contributed by atoms with van der Waals surface area (Å²) in [6.07, 6.45) is 8.02. The number of aromatic nitrogens is 3. The summed E-state index contributed by atoms with van der Waals surface area (Å²) in [4.78, 5) is 31.6. The molecule has 0 bridgehead atoms. The molecule has 0 aromatic carbocycles. The van der Waals surface area contributed by atoms with Gasteiger partial charge in [0.1, 0.15) is 30.6 Å². The number of terminal acetylenes is 1.